The smallest absolute Gasteiger partial charge is 0.322 e. The molecule has 0 aliphatic carbocycles. The maximum Gasteiger partial charge on any atom is 0.322 e. The fraction of sp³-hybridized carbons (Fsp3) is 0.364. The van der Waals surface area contributed by atoms with Crippen molar-refractivity contribution >= 4 is 23.3 Å². The molecule has 1 fully saturated rings. The van der Waals surface area contributed by atoms with E-state index in [1.54, 1.807) is 24.3 Å². The molecule has 152 valence electrons. The molecule has 0 spiro atoms. The van der Waals surface area contributed by atoms with E-state index in [4.69, 9.17) is 4.74 Å². The van der Waals surface area contributed by atoms with Gasteiger partial charge in [-0.15, -0.1) is 0 Å². The van der Waals surface area contributed by atoms with Crippen LogP contribution in [0.15, 0.2) is 48.5 Å². The summed E-state index contributed by atoms with van der Waals surface area (Å²) in [6.45, 7) is 4.59. The first kappa shape index (κ1) is 19.4. The van der Waals surface area contributed by atoms with Crippen molar-refractivity contribution in [3.8, 4) is 0 Å². The zero-order valence-electron chi connectivity index (χ0n) is 16.4. The van der Waals surface area contributed by atoms with Crippen molar-refractivity contribution in [2.75, 3.05) is 50.0 Å². The van der Waals surface area contributed by atoms with Crippen LogP contribution in [0, 0.1) is 0 Å². The normalized spacial score (nSPS) is 16.8. The molecule has 0 unspecified atom stereocenters. The van der Waals surface area contributed by atoms with Gasteiger partial charge in [0.15, 0.2) is 0 Å². The minimum Gasteiger partial charge on any atom is -0.379 e. The predicted octanol–water partition coefficient (Wildman–Crippen LogP) is 2.55. The lowest BCUT2D eigenvalue weighted by atomic mass is 10.0. The number of anilines is 2. The number of rotatable bonds is 4. The van der Waals surface area contributed by atoms with Crippen LogP contribution in [0.2, 0.25) is 0 Å². The molecule has 7 heteroatoms. The molecule has 4 rings (SSSR count). The lowest BCUT2D eigenvalue weighted by Crippen LogP contribution is -2.41. The van der Waals surface area contributed by atoms with Crippen molar-refractivity contribution in [2.24, 2.45) is 0 Å². The van der Waals surface area contributed by atoms with Gasteiger partial charge < -0.3 is 20.3 Å². The Hall–Kier alpha value is -2.90. The summed E-state index contributed by atoms with van der Waals surface area (Å²) in [5, 5.41) is 5.84. The Morgan fingerprint density at radius 1 is 0.862 bits per heavy atom. The first-order chi connectivity index (χ1) is 14.2. The van der Waals surface area contributed by atoms with Gasteiger partial charge in [0.1, 0.15) is 0 Å². The molecule has 29 heavy (non-hydrogen) atoms. The lowest BCUT2D eigenvalue weighted by molar-refractivity contribution is -0.118. The Bertz CT molecular complexity index is 863. The van der Waals surface area contributed by atoms with Gasteiger partial charge in [-0.2, -0.15) is 0 Å². The number of benzene rings is 2. The van der Waals surface area contributed by atoms with E-state index < -0.39 is 0 Å². The number of hydrogen-bond acceptors (Lipinski definition) is 4. The highest BCUT2D eigenvalue weighted by molar-refractivity contribution is 5.93. The number of fused-ring (bicyclic) bond motifs is 1. The maximum atomic E-state index is 12.6. The molecular formula is C22H26N4O3. The van der Waals surface area contributed by atoms with Gasteiger partial charge in [0.2, 0.25) is 5.91 Å². The van der Waals surface area contributed by atoms with Crippen LogP contribution in [0.4, 0.5) is 16.2 Å². The fourth-order valence-electron chi connectivity index (χ4n) is 3.67. The number of nitrogens with one attached hydrogen (secondary N) is 2. The van der Waals surface area contributed by atoms with Gasteiger partial charge in [0.05, 0.1) is 19.8 Å². The average Bonchev–Trinajstić information content (AvgIpc) is 2.75. The molecule has 0 atom stereocenters. The molecule has 1 saturated heterocycles. The average molecular weight is 394 g/mol. The molecule has 2 N–H and O–H groups in total. The SMILES string of the molecule is O=C(CN1CCOCC1)Nc1ccc(NC(=O)N2CCc3ccccc3C2)cc1. The fourth-order valence-corrected chi connectivity index (χ4v) is 3.67. The third-order valence-corrected chi connectivity index (χ3v) is 5.31. The van der Waals surface area contributed by atoms with Crippen LogP contribution in [-0.4, -0.2) is 61.1 Å². The molecule has 2 heterocycles. The lowest BCUT2D eigenvalue weighted by Gasteiger charge is -2.29. The second-order valence-corrected chi connectivity index (χ2v) is 7.38. The van der Waals surface area contributed by atoms with Crippen LogP contribution in [0.1, 0.15) is 11.1 Å². The van der Waals surface area contributed by atoms with Crippen molar-refractivity contribution in [1.82, 2.24) is 9.80 Å². The van der Waals surface area contributed by atoms with E-state index in [0.717, 1.165) is 19.5 Å². The van der Waals surface area contributed by atoms with Gasteiger partial charge in [0, 0.05) is 37.6 Å². The van der Waals surface area contributed by atoms with Gasteiger partial charge in [0.25, 0.3) is 0 Å². The summed E-state index contributed by atoms with van der Waals surface area (Å²) in [4.78, 5) is 28.7. The van der Waals surface area contributed by atoms with E-state index >= 15 is 0 Å². The summed E-state index contributed by atoms with van der Waals surface area (Å²) in [7, 11) is 0. The zero-order chi connectivity index (χ0) is 20.1. The van der Waals surface area contributed by atoms with E-state index in [9.17, 15) is 9.59 Å². The Morgan fingerprint density at radius 3 is 2.24 bits per heavy atom. The minimum absolute atomic E-state index is 0.0457. The van der Waals surface area contributed by atoms with Crippen molar-refractivity contribution in [3.63, 3.8) is 0 Å². The Morgan fingerprint density at radius 2 is 1.52 bits per heavy atom. The summed E-state index contributed by atoms with van der Waals surface area (Å²) >= 11 is 0. The number of carbonyl (C=O) groups is 2. The minimum atomic E-state index is -0.108. The van der Waals surface area contributed by atoms with Crippen LogP contribution < -0.4 is 10.6 Å². The van der Waals surface area contributed by atoms with Crippen LogP contribution in [0.3, 0.4) is 0 Å². The Kier molecular flexibility index (Phi) is 6.07. The molecule has 0 saturated carbocycles. The van der Waals surface area contributed by atoms with Crippen LogP contribution in [0.25, 0.3) is 0 Å². The van der Waals surface area contributed by atoms with Gasteiger partial charge in [-0.25, -0.2) is 4.79 Å². The quantitative estimate of drug-likeness (QED) is 0.836. The largest absolute Gasteiger partial charge is 0.379 e. The van der Waals surface area contributed by atoms with E-state index in [-0.39, 0.29) is 11.9 Å². The molecule has 0 bridgehead atoms. The van der Waals surface area contributed by atoms with Crippen LogP contribution >= 0.6 is 0 Å². The van der Waals surface area contributed by atoms with Crippen molar-refractivity contribution in [2.45, 2.75) is 13.0 Å². The number of amides is 3. The predicted molar refractivity (Wildman–Crippen MR) is 112 cm³/mol. The highest BCUT2D eigenvalue weighted by Crippen LogP contribution is 2.20. The summed E-state index contributed by atoms with van der Waals surface area (Å²) in [5.41, 5.74) is 3.94. The topological polar surface area (TPSA) is 73.9 Å². The highest BCUT2D eigenvalue weighted by Gasteiger charge is 2.20. The van der Waals surface area contributed by atoms with Crippen molar-refractivity contribution < 1.29 is 14.3 Å². The number of nitrogens with zero attached hydrogens (tertiary/aromatic N) is 2. The number of carbonyl (C=O) groups excluding carboxylic acids is 2. The summed E-state index contributed by atoms with van der Waals surface area (Å²) < 4.78 is 5.29. The van der Waals surface area contributed by atoms with Gasteiger partial charge in [-0.1, -0.05) is 24.3 Å². The van der Waals surface area contributed by atoms with E-state index in [0.29, 0.717) is 44.2 Å². The molecule has 2 aromatic rings. The molecule has 2 aliphatic heterocycles. The van der Waals surface area contributed by atoms with Gasteiger partial charge >= 0.3 is 6.03 Å². The van der Waals surface area contributed by atoms with Crippen molar-refractivity contribution in [1.29, 1.82) is 0 Å². The molecule has 7 nitrogen and oxygen atoms in total. The van der Waals surface area contributed by atoms with Gasteiger partial charge in [-0.05, 0) is 41.8 Å². The summed E-state index contributed by atoms with van der Waals surface area (Å²) in [5.74, 6) is -0.0457. The first-order valence-corrected chi connectivity index (χ1v) is 10.00. The van der Waals surface area contributed by atoms with Crippen LogP contribution in [0.5, 0.6) is 0 Å². The second kappa shape index (κ2) is 9.07. The summed E-state index contributed by atoms with van der Waals surface area (Å²) in [6, 6.07) is 15.3. The number of hydrogen-bond donors (Lipinski definition) is 2. The molecule has 3 amide bonds. The number of urea groups is 1. The monoisotopic (exact) mass is 394 g/mol. The molecule has 0 radical (unpaired) electrons. The Labute approximate surface area is 170 Å². The third kappa shape index (κ3) is 5.13. The van der Waals surface area contributed by atoms with Crippen LogP contribution in [-0.2, 0) is 22.5 Å². The van der Waals surface area contributed by atoms with Crippen molar-refractivity contribution in [3.05, 3.63) is 59.7 Å². The van der Waals surface area contributed by atoms with Gasteiger partial charge in [-0.3, -0.25) is 9.69 Å². The van der Waals surface area contributed by atoms with E-state index in [1.165, 1.54) is 11.1 Å². The second-order valence-electron chi connectivity index (χ2n) is 7.38. The summed E-state index contributed by atoms with van der Waals surface area (Å²) in [6.07, 6.45) is 0.873. The standard InChI is InChI=1S/C22H26N4O3/c27-21(16-25-11-13-29-14-12-25)23-19-5-7-20(8-6-19)24-22(28)26-10-9-17-3-1-2-4-18(17)15-26/h1-8H,9-16H2,(H,23,27)(H,24,28). The highest BCUT2D eigenvalue weighted by atomic mass is 16.5. The zero-order valence-corrected chi connectivity index (χ0v) is 16.4. The Balaban J connectivity index is 1.28. The molecular weight excluding hydrogens is 368 g/mol. The van der Waals surface area contributed by atoms with E-state index in [1.807, 2.05) is 17.0 Å². The van der Waals surface area contributed by atoms with E-state index in [2.05, 4.69) is 27.7 Å². The molecule has 2 aliphatic rings. The third-order valence-electron chi connectivity index (χ3n) is 5.31. The number of ether oxygens (including phenoxy) is 1. The first-order valence-electron chi connectivity index (χ1n) is 10.00. The molecule has 2 aromatic carbocycles. The molecule has 0 aromatic heterocycles. The number of morpholine rings is 1. The maximum absolute atomic E-state index is 12.6.